The normalized spacial score (nSPS) is 17.0. The van der Waals surface area contributed by atoms with Crippen molar-refractivity contribution in [3.05, 3.63) is 58.6 Å². The number of anilines is 1. The maximum Gasteiger partial charge on any atom is 0.211 e. The Labute approximate surface area is 187 Å². The molecule has 0 aliphatic carbocycles. The number of aromatic nitrogens is 1. The Morgan fingerprint density at radius 1 is 1.19 bits per heavy atom. The van der Waals surface area contributed by atoms with Gasteiger partial charge in [-0.3, -0.25) is 4.79 Å². The zero-order valence-electron chi connectivity index (χ0n) is 18.5. The number of piperidine rings is 1. The van der Waals surface area contributed by atoms with Crippen LogP contribution in [0.25, 0.3) is 10.9 Å². The highest BCUT2D eigenvalue weighted by atomic mass is 32.2. The largest absolute Gasteiger partial charge is 0.497 e. The highest BCUT2D eigenvalue weighted by Crippen LogP contribution is 2.30. The Hall–Kier alpha value is -2.87. The molecule has 0 bridgehead atoms. The van der Waals surface area contributed by atoms with Gasteiger partial charge in [0.1, 0.15) is 16.5 Å². The van der Waals surface area contributed by atoms with Crippen LogP contribution in [0.3, 0.4) is 0 Å². The van der Waals surface area contributed by atoms with Gasteiger partial charge in [-0.1, -0.05) is 6.92 Å². The Morgan fingerprint density at radius 3 is 2.53 bits per heavy atom. The SMILES string of the molecule is CCn1cc(S(=O)(=O)c2ccc(OC)cc2)c(=O)c2cc(F)c(N3CCC[C@@H](C)C3)cc21. The van der Waals surface area contributed by atoms with Crippen molar-refractivity contribution < 1.29 is 17.5 Å². The lowest BCUT2D eigenvalue weighted by atomic mass is 9.99. The van der Waals surface area contributed by atoms with E-state index in [2.05, 4.69) is 6.92 Å². The van der Waals surface area contributed by atoms with Gasteiger partial charge in [0.25, 0.3) is 0 Å². The molecule has 1 aliphatic heterocycles. The molecule has 0 amide bonds. The molecular formula is C24H27FN2O4S. The summed E-state index contributed by atoms with van der Waals surface area (Å²) >= 11 is 0. The minimum absolute atomic E-state index is 0.0169. The van der Waals surface area contributed by atoms with Crippen LogP contribution < -0.4 is 15.1 Å². The predicted molar refractivity (Wildman–Crippen MR) is 123 cm³/mol. The molecule has 0 spiro atoms. The third-order valence-electron chi connectivity index (χ3n) is 6.11. The van der Waals surface area contributed by atoms with E-state index in [0.717, 1.165) is 25.9 Å². The van der Waals surface area contributed by atoms with Gasteiger partial charge in [0.15, 0.2) is 0 Å². The van der Waals surface area contributed by atoms with E-state index in [9.17, 15) is 13.2 Å². The molecule has 1 aliphatic rings. The Bertz CT molecular complexity index is 1320. The number of benzene rings is 2. The number of pyridine rings is 1. The van der Waals surface area contributed by atoms with Crippen molar-refractivity contribution in [1.29, 1.82) is 0 Å². The second-order valence-corrected chi connectivity index (χ2v) is 10.2. The first-order valence-electron chi connectivity index (χ1n) is 10.8. The first kappa shape index (κ1) is 22.3. The van der Waals surface area contributed by atoms with Crippen molar-refractivity contribution in [1.82, 2.24) is 4.57 Å². The molecule has 0 N–H and O–H groups in total. The van der Waals surface area contributed by atoms with E-state index in [1.807, 2.05) is 11.8 Å². The number of methoxy groups -OCH3 is 1. The second-order valence-electron chi connectivity index (χ2n) is 8.30. The monoisotopic (exact) mass is 458 g/mol. The van der Waals surface area contributed by atoms with Crippen LogP contribution in [0, 0.1) is 11.7 Å². The smallest absolute Gasteiger partial charge is 0.211 e. The molecule has 1 atom stereocenters. The zero-order chi connectivity index (χ0) is 23.0. The summed E-state index contributed by atoms with van der Waals surface area (Å²) in [5.74, 6) is 0.463. The topological polar surface area (TPSA) is 68.6 Å². The van der Waals surface area contributed by atoms with Gasteiger partial charge in [0.05, 0.1) is 28.6 Å². The van der Waals surface area contributed by atoms with Crippen molar-refractivity contribution in [2.75, 3.05) is 25.1 Å². The van der Waals surface area contributed by atoms with Crippen LogP contribution in [0.1, 0.15) is 26.7 Å². The van der Waals surface area contributed by atoms with Crippen molar-refractivity contribution in [3.8, 4) is 5.75 Å². The molecule has 0 saturated carbocycles. The van der Waals surface area contributed by atoms with Gasteiger partial charge in [-0.15, -0.1) is 0 Å². The van der Waals surface area contributed by atoms with Crippen molar-refractivity contribution in [2.24, 2.45) is 5.92 Å². The van der Waals surface area contributed by atoms with Crippen LogP contribution in [0.4, 0.5) is 10.1 Å². The molecule has 1 saturated heterocycles. The van der Waals surface area contributed by atoms with E-state index in [1.165, 1.54) is 43.6 Å². The molecule has 6 nitrogen and oxygen atoms in total. The number of aryl methyl sites for hydroxylation is 1. The molecule has 1 aromatic heterocycles. The average molecular weight is 459 g/mol. The van der Waals surface area contributed by atoms with Crippen LogP contribution in [0.5, 0.6) is 5.75 Å². The Balaban J connectivity index is 1.88. The summed E-state index contributed by atoms with van der Waals surface area (Å²) in [6, 6.07) is 8.71. The maximum atomic E-state index is 15.1. The Kier molecular flexibility index (Phi) is 5.99. The van der Waals surface area contributed by atoms with Gasteiger partial charge < -0.3 is 14.2 Å². The number of hydrogen-bond donors (Lipinski definition) is 0. The third-order valence-corrected chi connectivity index (χ3v) is 7.88. The lowest BCUT2D eigenvalue weighted by molar-refractivity contribution is 0.414. The standard InChI is InChI=1S/C24H27FN2O4S/c1-4-26-15-23(32(29,30)18-9-7-17(31-3)8-10-18)24(28)19-12-20(25)22(13-21(19)26)27-11-5-6-16(2)14-27/h7-10,12-13,15-16H,4-6,11,14H2,1-3H3/t16-/m1/s1. The van der Waals surface area contributed by atoms with Crippen molar-refractivity contribution in [2.45, 2.75) is 43.0 Å². The summed E-state index contributed by atoms with van der Waals surface area (Å²) in [7, 11) is -2.60. The minimum Gasteiger partial charge on any atom is -0.497 e. The van der Waals surface area contributed by atoms with E-state index in [4.69, 9.17) is 4.74 Å². The fourth-order valence-electron chi connectivity index (χ4n) is 4.36. The molecule has 3 aromatic rings. The van der Waals surface area contributed by atoms with E-state index >= 15 is 4.39 Å². The fraction of sp³-hybridized carbons (Fsp3) is 0.375. The molecular weight excluding hydrogens is 431 g/mol. The highest BCUT2D eigenvalue weighted by molar-refractivity contribution is 7.91. The molecule has 2 aromatic carbocycles. The quantitative estimate of drug-likeness (QED) is 0.572. The summed E-state index contributed by atoms with van der Waals surface area (Å²) in [6.07, 6.45) is 3.46. The van der Waals surface area contributed by atoms with Crippen LogP contribution in [-0.2, 0) is 16.4 Å². The third kappa shape index (κ3) is 3.88. The summed E-state index contributed by atoms with van der Waals surface area (Å²) in [5, 5.41) is 0.0627. The van der Waals surface area contributed by atoms with E-state index in [-0.39, 0.29) is 15.2 Å². The van der Waals surface area contributed by atoms with Crippen LogP contribution in [0.15, 0.2) is 57.2 Å². The van der Waals surface area contributed by atoms with Crippen LogP contribution in [0.2, 0.25) is 0 Å². The lowest BCUT2D eigenvalue weighted by Gasteiger charge is -2.33. The molecule has 2 heterocycles. The number of nitrogens with zero attached hydrogens (tertiary/aromatic N) is 2. The molecule has 0 radical (unpaired) electrons. The van der Waals surface area contributed by atoms with E-state index < -0.39 is 21.1 Å². The van der Waals surface area contributed by atoms with Crippen molar-refractivity contribution in [3.63, 3.8) is 0 Å². The van der Waals surface area contributed by atoms with E-state index in [0.29, 0.717) is 29.4 Å². The number of fused-ring (bicyclic) bond motifs is 1. The first-order valence-corrected chi connectivity index (χ1v) is 12.3. The van der Waals surface area contributed by atoms with Gasteiger partial charge in [-0.25, -0.2) is 12.8 Å². The summed E-state index contributed by atoms with van der Waals surface area (Å²) in [4.78, 5) is 14.9. The number of halogens is 1. The lowest BCUT2D eigenvalue weighted by Crippen LogP contribution is -2.35. The van der Waals surface area contributed by atoms with Crippen molar-refractivity contribution >= 4 is 26.4 Å². The van der Waals surface area contributed by atoms with E-state index in [1.54, 1.807) is 10.6 Å². The second kappa shape index (κ2) is 8.58. The fourth-order valence-corrected chi connectivity index (χ4v) is 5.73. The number of ether oxygens (including phenoxy) is 1. The average Bonchev–Trinajstić information content (AvgIpc) is 2.79. The first-order chi connectivity index (χ1) is 15.3. The molecule has 0 unspecified atom stereocenters. The van der Waals surface area contributed by atoms with Gasteiger partial charge in [-0.05, 0) is 62.1 Å². The summed E-state index contributed by atoms with van der Waals surface area (Å²) < 4.78 is 48.4. The van der Waals surface area contributed by atoms with Crippen LogP contribution in [-0.4, -0.2) is 33.2 Å². The number of rotatable bonds is 5. The molecule has 8 heteroatoms. The van der Waals surface area contributed by atoms with Gasteiger partial charge >= 0.3 is 0 Å². The molecule has 170 valence electrons. The van der Waals surface area contributed by atoms with Gasteiger partial charge in [0.2, 0.25) is 15.3 Å². The maximum absolute atomic E-state index is 15.1. The molecule has 1 fully saturated rings. The predicted octanol–water partition coefficient (Wildman–Crippen LogP) is 4.24. The number of sulfone groups is 1. The van der Waals surface area contributed by atoms with Crippen LogP contribution >= 0.6 is 0 Å². The highest BCUT2D eigenvalue weighted by Gasteiger charge is 2.26. The summed E-state index contributed by atoms with van der Waals surface area (Å²) in [6.45, 7) is 5.95. The van der Waals surface area contributed by atoms with Gasteiger partial charge in [-0.2, -0.15) is 0 Å². The zero-order valence-corrected chi connectivity index (χ0v) is 19.3. The van der Waals surface area contributed by atoms with Gasteiger partial charge in [0, 0.05) is 25.8 Å². The number of hydrogen-bond acceptors (Lipinski definition) is 5. The minimum atomic E-state index is -4.09. The molecule has 32 heavy (non-hydrogen) atoms. The molecule has 4 rings (SSSR count). The Morgan fingerprint density at radius 2 is 1.91 bits per heavy atom. The summed E-state index contributed by atoms with van der Waals surface area (Å²) in [5.41, 5.74) is 0.287.